The zero-order valence-electron chi connectivity index (χ0n) is 11.0. The molecule has 2 heterocycles. The molecule has 6 nitrogen and oxygen atoms in total. The van der Waals surface area contributed by atoms with Gasteiger partial charge >= 0.3 is 0 Å². The number of nitrogens with zero attached hydrogens (tertiary/aromatic N) is 2. The third kappa shape index (κ3) is 2.42. The number of H-pyrrole nitrogens is 1. The van der Waals surface area contributed by atoms with Gasteiger partial charge < -0.3 is 15.4 Å². The van der Waals surface area contributed by atoms with E-state index in [2.05, 4.69) is 20.5 Å². The number of aromatic nitrogens is 1. The molecule has 0 bridgehead atoms. The standard InChI is InChI=1S/C14H16N4O2/c19-13(9-5-7-15-8-6-9)18-17-12-10-3-1-2-4-11(10)16-14(12)20/h1-4,9,15-16,20H,5-8H2/p+1. The third-order valence-electron chi connectivity index (χ3n) is 3.70. The maximum Gasteiger partial charge on any atom is 0.268 e. The number of hydrogen-bond donors (Lipinski definition) is 3. The molecule has 1 amide bonds. The average molecular weight is 273 g/mol. The van der Waals surface area contributed by atoms with Crippen LogP contribution in [-0.4, -0.2) is 29.1 Å². The molecule has 20 heavy (non-hydrogen) atoms. The molecule has 0 atom stereocenters. The van der Waals surface area contributed by atoms with E-state index in [1.165, 1.54) is 0 Å². The van der Waals surface area contributed by atoms with Crippen LogP contribution in [0.3, 0.4) is 0 Å². The van der Waals surface area contributed by atoms with Crippen molar-refractivity contribution in [1.29, 1.82) is 0 Å². The maximum absolute atomic E-state index is 12.0. The van der Waals surface area contributed by atoms with Gasteiger partial charge in [0.2, 0.25) is 5.88 Å². The predicted octanol–water partition coefficient (Wildman–Crippen LogP) is 1.46. The van der Waals surface area contributed by atoms with E-state index in [1.54, 1.807) is 0 Å². The number of para-hydroxylation sites is 1. The van der Waals surface area contributed by atoms with Gasteiger partial charge in [-0.15, -0.1) is 10.2 Å². The van der Waals surface area contributed by atoms with Crippen molar-refractivity contribution in [2.45, 2.75) is 12.8 Å². The number of fused-ring (bicyclic) bond motifs is 1. The van der Waals surface area contributed by atoms with Gasteiger partial charge in [-0.1, -0.05) is 18.2 Å². The molecule has 1 aliphatic heterocycles. The first kappa shape index (κ1) is 12.8. The fourth-order valence-corrected chi connectivity index (χ4v) is 2.57. The van der Waals surface area contributed by atoms with Crippen LogP contribution in [0, 0.1) is 5.92 Å². The Balaban J connectivity index is 1.83. The van der Waals surface area contributed by atoms with E-state index in [4.69, 9.17) is 0 Å². The largest absolute Gasteiger partial charge is 0.493 e. The summed E-state index contributed by atoms with van der Waals surface area (Å²) in [6.07, 6.45) is 1.69. The number of carbonyl (C=O) groups excluding carboxylic acids is 1. The van der Waals surface area contributed by atoms with Crippen LogP contribution in [0.15, 0.2) is 34.5 Å². The number of nitrogens with two attached hydrogens (primary N) is 1. The quantitative estimate of drug-likeness (QED) is 0.722. The smallest absolute Gasteiger partial charge is 0.268 e. The van der Waals surface area contributed by atoms with Crippen LogP contribution >= 0.6 is 0 Å². The lowest BCUT2D eigenvalue weighted by Gasteiger charge is -2.15. The molecule has 1 fully saturated rings. The van der Waals surface area contributed by atoms with Crippen LogP contribution < -0.4 is 5.32 Å². The second-order valence-corrected chi connectivity index (χ2v) is 5.05. The summed E-state index contributed by atoms with van der Waals surface area (Å²) < 4.78 is 0. The summed E-state index contributed by atoms with van der Waals surface area (Å²) in [5, 5.41) is 20.5. The number of rotatable bonds is 2. The molecule has 1 saturated heterocycles. The molecule has 1 aromatic carbocycles. The van der Waals surface area contributed by atoms with Crippen molar-refractivity contribution in [3.63, 3.8) is 0 Å². The van der Waals surface area contributed by atoms with Crippen LogP contribution in [0.2, 0.25) is 0 Å². The van der Waals surface area contributed by atoms with E-state index >= 15 is 0 Å². The number of quaternary nitrogens is 1. The van der Waals surface area contributed by atoms with Gasteiger partial charge in [0.1, 0.15) is 0 Å². The molecule has 0 radical (unpaired) electrons. The highest BCUT2D eigenvalue weighted by Crippen LogP contribution is 2.35. The number of nitrogens with one attached hydrogen (secondary N) is 1. The summed E-state index contributed by atoms with van der Waals surface area (Å²) in [7, 11) is 0. The maximum atomic E-state index is 12.0. The van der Waals surface area contributed by atoms with E-state index in [9.17, 15) is 9.90 Å². The zero-order chi connectivity index (χ0) is 13.9. The lowest BCUT2D eigenvalue weighted by atomic mass is 9.98. The minimum atomic E-state index is -0.192. The van der Waals surface area contributed by atoms with E-state index in [1.807, 2.05) is 24.3 Å². The molecule has 0 saturated carbocycles. The number of aromatic amines is 1. The van der Waals surface area contributed by atoms with Crippen LogP contribution in [-0.2, 0) is 4.79 Å². The minimum Gasteiger partial charge on any atom is -0.493 e. The molecule has 0 unspecified atom stereocenters. The van der Waals surface area contributed by atoms with Gasteiger partial charge in [0.05, 0.1) is 24.5 Å². The summed E-state index contributed by atoms with van der Waals surface area (Å²) in [5.74, 6) is -0.279. The molecule has 1 aromatic heterocycles. The summed E-state index contributed by atoms with van der Waals surface area (Å²) in [6, 6.07) is 7.39. The first-order valence-corrected chi connectivity index (χ1v) is 6.82. The molecule has 3 rings (SSSR count). The first-order valence-electron chi connectivity index (χ1n) is 6.82. The van der Waals surface area contributed by atoms with Gasteiger partial charge in [-0.05, 0) is 6.07 Å². The zero-order valence-corrected chi connectivity index (χ0v) is 11.0. The van der Waals surface area contributed by atoms with Gasteiger partial charge in [-0.2, -0.15) is 0 Å². The van der Waals surface area contributed by atoms with Gasteiger partial charge in [0, 0.05) is 18.2 Å². The number of piperidine rings is 1. The van der Waals surface area contributed by atoms with Crippen LogP contribution in [0.4, 0.5) is 5.69 Å². The summed E-state index contributed by atoms with van der Waals surface area (Å²) in [5.41, 5.74) is 1.11. The Morgan fingerprint density at radius 1 is 1.30 bits per heavy atom. The van der Waals surface area contributed by atoms with Crippen molar-refractivity contribution in [2.24, 2.45) is 16.1 Å². The Labute approximate surface area is 115 Å². The van der Waals surface area contributed by atoms with Gasteiger partial charge in [-0.3, -0.25) is 4.79 Å². The molecular formula is C14H17N4O2+. The van der Waals surface area contributed by atoms with Crippen molar-refractivity contribution in [3.05, 3.63) is 24.3 Å². The van der Waals surface area contributed by atoms with Crippen LogP contribution in [0.5, 0.6) is 5.88 Å². The Morgan fingerprint density at radius 2 is 2.05 bits per heavy atom. The second kappa shape index (κ2) is 5.42. The summed E-state index contributed by atoms with van der Waals surface area (Å²) in [4.78, 5) is 14.8. The van der Waals surface area contributed by atoms with Crippen LogP contribution in [0.1, 0.15) is 12.8 Å². The van der Waals surface area contributed by atoms with E-state index in [0.717, 1.165) is 36.8 Å². The second-order valence-electron chi connectivity index (χ2n) is 5.05. The molecule has 4 N–H and O–H groups in total. The van der Waals surface area contributed by atoms with E-state index in [-0.39, 0.29) is 17.7 Å². The SMILES string of the molecule is O=C(N=Nc1c(O)[nH]c2ccccc12)C1CC[NH2+]CC1. The van der Waals surface area contributed by atoms with Crippen LogP contribution in [0.25, 0.3) is 10.9 Å². The normalized spacial score (nSPS) is 17.0. The van der Waals surface area contributed by atoms with E-state index < -0.39 is 0 Å². The highest BCUT2D eigenvalue weighted by atomic mass is 16.3. The Kier molecular flexibility index (Phi) is 3.47. The predicted molar refractivity (Wildman–Crippen MR) is 73.9 cm³/mol. The molecule has 104 valence electrons. The van der Waals surface area contributed by atoms with Crippen molar-refractivity contribution in [1.82, 2.24) is 4.98 Å². The molecule has 6 heteroatoms. The van der Waals surface area contributed by atoms with Crippen molar-refractivity contribution in [2.75, 3.05) is 13.1 Å². The third-order valence-corrected chi connectivity index (χ3v) is 3.70. The lowest BCUT2D eigenvalue weighted by molar-refractivity contribution is -0.663. The van der Waals surface area contributed by atoms with Crippen molar-refractivity contribution in [3.8, 4) is 5.88 Å². The van der Waals surface area contributed by atoms with Crippen molar-refractivity contribution < 1.29 is 15.2 Å². The number of benzene rings is 1. The lowest BCUT2D eigenvalue weighted by Crippen LogP contribution is -2.86. The molecule has 0 spiro atoms. The highest BCUT2D eigenvalue weighted by Gasteiger charge is 2.23. The topological polar surface area (TPSA) is 94.4 Å². The molecule has 0 aliphatic carbocycles. The molecule has 1 aliphatic rings. The minimum absolute atomic E-state index is 0.0314. The number of amides is 1. The fourth-order valence-electron chi connectivity index (χ4n) is 2.57. The number of carbonyl (C=O) groups is 1. The molecular weight excluding hydrogens is 256 g/mol. The summed E-state index contributed by atoms with van der Waals surface area (Å²) >= 11 is 0. The number of azo groups is 1. The Hall–Kier alpha value is -2.21. The van der Waals surface area contributed by atoms with Gasteiger partial charge in [0.15, 0.2) is 5.69 Å². The Bertz CT molecular complexity index is 656. The van der Waals surface area contributed by atoms with E-state index in [0.29, 0.717) is 5.69 Å². The monoisotopic (exact) mass is 273 g/mol. The summed E-state index contributed by atoms with van der Waals surface area (Å²) in [6.45, 7) is 1.93. The van der Waals surface area contributed by atoms with Crippen molar-refractivity contribution >= 4 is 22.5 Å². The average Bonchev–Trinajstić information content (AvgIpc) is 2.81. The highest BCUT2D eigenvalue weighted by molar-refractivity contribution is 5.94. The number of hydrogen-bond acceptors (Lipinski definition) is 3. The fraction of sp³-hybridized carbons (Fsp3) is 0.357. The number of aromatic hydroxyl groups is 1. The Morgan fingerprint density at radius 3 is 2.85 bits per heavy atom. The van der Waals surface area contributed by atoms with Gasteiger partial charge in [0.25, 0.3) is 5.91 Å². The van der Waals surface area contributed by atoms with Gasteiger partial charge in [-0.25, -0.2) is 0 Å². The molecule has 2 aromatic rings. The first-order chi connectivity index (χ1) is 9.75.